The fourth-order valence-electron chi connectivity index (χ4n) is 2.62. The Balaban J connectivity index is 1.86. The van der Waals surface area contributed by atoms with Gasteiger partial charge in [0, 0.05) is 36.9 Å². The van der Waals surface area contributed by atoms with Crippen molar-refractivity contribution in [3.63, 3.8) is 0 Å². The monoisotopic (exact) mass is 218 g/mol. The predicted octanol–water partition coefficient (Wildman–Crippen LogP) is 0.440. The van der Waals surface area contributed by atoms with Crippen molar-refractivity contribution in [1.82, 2.24) is 10.3 Å². The van der Waals surface area contributed by atoms with E-state index in [1.54, 1.807) is 6.20 Å². The van der Waals surface area contributed by atoms with Gasteiger partial charge in [-0.15, -0.1) is 0 Å². The van der Waals surface area contributed by atoms with Crippen LogP contribution in [-0.4, -0.2) is 41.6 Å². The predicted molar refractivity (Wildman–Crippen MR) is 61.2 cm³/mol. The van der Waals surface area contributed by atoms with Gasteiger partial charge < -0.3 is 15.4 Å². The van der Waals surface area contributed by atoms with Crippen molar-refractivity contribution in [3.8, 4) is 0 Å². The van der Waals surface area contributed by atoms with Crippen LogP contribution in [0.1, 0.15) is 12.0 Å². The summed E-state index contributed by atoms with van der Waals surface area (Å²) in [6.07, 6.45) is 6.19. The van der Waals surface area contributed by atoms with Crippen molar-refractivity contribution >= 4 is 11.9 Å². The maximum absolute atomic E-state index is 8.50. The molecule has 5 heteroatoms. The number of hydrogen-bond acceptors (Lipinski definition) is 5. The SMILES string of the molecule is O/N=C\c1cncc(N2C[C@@H]3C[C@H]2CN3)c1. The highest BCUT2D eigenvalue weighted by molar-refractivity contribution is 5.80. The Hall–Kier alpha value is -1.62. The highest BCUT2D eigenvalue weighted by Gasteiger charge is 2.37. The van der Waals surface area contributed by atoms with Crippen molar-refractivity contribution in [2.75, 3.05) is 18.0 Å². The molecule has 2 aliphatic rings. The molecule has 0 unspecified atom stereocenters. The number of anilines is 1. The summed E-state index contributed by atoms with van der Waals surface area (Å²) in [6, 6.07) is 3.22. The van der Waals surface area contributed by atoms with Crippen molar-refractivity contribution in [2.45, 2.75) is 18.5 Å². The van der Waals surface area contributed by atoms with Gasteiger partial charge in [-0.05, 0) is 12.5 Å². The van der Waals surface area contributed by atoms with Crippen LogP contribution in [0.3, 0.4) is 0 Å². The van der Waals surface area contributed by atoms with Gasteiger partial charge >= 0.3 is 0 Å². The van der Waals surface area contributed by atoms with E-state index in [1.165, 1.54) is 12.6 Å². The van der Waals surface area contributed by atoms with Crippen molar-refractivity contribution in [1.29, 1.82) is 0 Å². The van der Waals surface area contributed by atoms with Crippen LogP contribution in [-0.2, 0) is 0 Å². The second kappa shape index (κ2) is 3.75. The Kier molecular flexibility index (Phi) is 2.25. The fourth-order valence-corrected chi connectivity index (χ4v) is 2.62. The molecule has 2 N–H and O–H groups in total. The van der Waals surface area contributed by atoms with Crippen LogP contribution in [0.15, 0.2) is 23.6 Å². The van der Waals surface area contributed by atoms with Gasteiger partial charge in [-0.1, -0.05) is 5.16 Å². The number of fused-ring (bicyclic) bond motifs is 2. The number of pyridine rings is 1. The first-order valence-corrected chi connectivity index (χ1v) is 5.49. The zero-order chi connectivity index (χ0) is 11.0. The molecule has 0 radical (unpaired) electrons. The minimum Gasteiger partial charge on any atom is -0.411 e. The van der Waals surface area contributed by atoms with Gasteiger partial charge in [-0.25, -0.2) is 0 Å². The lowest BCUT2D eigenvalue weighted by Gasteiger charge is -2.29. The van der Waals surface area contributed by atoms with Crippen LogP contribution < -0.4 is 10.2 Å². The van der Waals surface area contributed by atoms with Crippen LogP contribution >= 0.6 is 0 Å². The number of nitrogens with one attached hydrogen (secondary N) is 1. The summed E-state index contributed by atoms with van der Waals surface area (Å²) in [5, 5.41) is 15.0. The normalized spacial score (nSPS) is 28.1. The zero-order valence-corrected chi connectivity index (χ0v) is 8.87. The number of nitrogens with zero attached hydrogens (tertiary/aromatic N) is 3. The molecule has 2 atom stereocenters. The highest BCUT2D eigenvalue weighted by atomic mass is 16.4. The third-order valence-corrected chi connectivity index (χ3v) is 3.34. The number of aromatic nitrogens is 1. The van der Waals surface area contributed by atoms with E-state index in [2.05, 4.69) is 20.4 Å². The average Bonchev–Trinajstić information content (AvgIpc) is 2.91. The highest BCUT2D eigenvalue weighted by Crippen LogP contribution is 2.28. The smallest absolute Gasteiger partial charge is 0.0750 e. The van der Waals surface area contributed by atoms with Crippen LogP contribution in [0.4, 0.5) is 5.69 Å². The van der Waals surface area contributed by atoms with Crippen LogP contribution in [0.25, 0.3) is 0 Å². The minimum atomic E-state index is 0.591. The van der Waals surface area contributed by atoms with E-state index in [-0.39, 0.29) is 0 Å². The molecule has 3 heterocycles. The van der Waals surface area contributed by atoms with Crippen molar-refractivity contribution in [2.24, 2.45) is 5.16 Å². The van der Waals surface area contributed by atoms with E-state index in [4.69, 9.17) is 5.21 Å². The molecular weight excluding hydrogens is 204 g/mol. The Labute approximate surface area is 93.8 Å². The second-order valence-corrected chi connectivity index (χ2v) is 4.37. The number of hydrogen-bond donors (Lipinski definition) is 2. The molecule has 0 spiro atoms. The third kappa shape index (κ3) is 1.53. The van der Waals surface area contributed by atoms with Crippen LogP contribution in [0.5, 0.6) is 0 Å². The Morgan fingerprint density at radius 1 is 1.56 bits per heavy atom. The number of oxime groups is 1. The molecule has 84 valence electrons. The van der Waals surface area contributed by atoms with E-state index in [0.29, 0.717) is 12.1 Å². The lowest BCUT2D eigenvalue weighted by molar-refractivity contribution is 0.322. The molecule has 2 bridgehead atoms. The largest absolute Gasteiger partial charge is 0.411 e. The van der Waals surface area contributed by atoms with Gasteiger partial charge in [0.2, 0.25) is 0 Å². The molecule has 5 nitrogen and oxygen atoms in total. The van der Waals surface area contributed by atoms with Gasteiger partial charge in [-0.2, -0.15) is 0 Å². The molecule has 1 aromatic rings. The molecule has 0 aliphatic carbocycles. The number of piperazine rings is 1. The van der Waals surface area contributed by atoms with Crippen LogP contribution in [0, 0.1) is 0 Å². The van der Waals surface area contributed by atoms with Crippen molar-refractivity contribution in [3.05, 3.63) is 24.0 Å². The van der Waals surface area contributed by atoms with Gasteiger partial charge in [-0.3, -0.25) is 4.98 Å². The summed E-state index contributed by atoms with van der Waals surface area (Å²) in [5.74, 6) is 0. The first-order valence-electron chi connectivity index (χ1n) is 5.49. The van der Waals surface area contributed by atoms with Gasteiger partial charge in [0.25, 0.3) is 0 Å². The fraction of sp³-hybridized carbons (Fsp3) is 0.455. The van der Waals surface area contributed by atoms with Gasteiger partial charge in [0.05, 0.1) is 18.1 Å². The Bertz CT molecular complexity index is 420. The van der Waals surface area contributed by atoms with E-state index in [0.717, 1.165) is 24.3 Å². The van der Waals surface area contributed by atoms with E-state index in [1.807, 2.05) is 12.3 Å². The first kappa shape index (κ1) is 9.59. The second-order valence-electron chi connectivity index (χ2n) is 4.37. The number of rotatable bonds is 2. The molecule has 0 amide bonds. The molecule has 1 aromatic heterocycles. The topological polar surface area (TPSA) is 60.8 Å². The summed E-state index contributed by atoms with van der Waals surface area (Å²) in [5.41, 5.74) is 1.95. The lowest BCUT2D eigenvalue weighted by Crippen LogP contribution is -2.43. The maximum Gasteiger partial charge on any atom is 0.0750 e. The quantitative estimate of drug-likeness (QED) is 0.429. The molecule has 2 aliphatic heterocycles. The van der Waals surface area contributed by atoms with Crippen LogP contribution in [0.2, 0.25) is 0 Å². The molecule has 0 saturated carbocycles. The summed E-state index contributed by atoms with van der Waals surface area (Å²) in [6.45, 7) is 2.11. The Morgan fingerprint density at radius 3 is 3.19 bits per heavy atom. The van der Waals surface area contributed by atoms with Gasteiger partial charge in [0.1, 0.15) is 0 Å². The lowest BCUT2D eigenvalue weighted by atomic mass is 10.2. The summed E-state index contributed by atoms with van der Waals surface area (Å²) < 4.78 is 0. The molecule has 2 fully saturated rings. The summed E-state index contributed by atoms with van der Waals surface area (Å²) >= 11 is 0. The average molecular weight is 218 g/mol. The third-order valence-electron chi connectivity index (χ3n) is 3.34. The molecule has 3 rings (SSSR count). The standard InChI is InChI=1S/C11H14N4O/c16-14-4-8-1-10(5-12-3-8)15-7-9-2-11(15)6-13-9/h1,3-5,9,11,13,16H,2,6-7H2/b14-4-/t9-,11-/m0/s1. The van der Waals surface area contributed by atoms with Gasteiger partial charge in [0.15, 0.2) is 0 Å². The summed E-state index contributed by atoms with van der Waals surface area (Å²) in [4.78, 5) is 6.54. The molecule has 2 saturated heterocycles. The van der Waals surface area contributed by atoms with Crippen molar-refractivity contribution < 1.29 is 5.21 Å². The minimum absolute atomic E-state index is 0.591. The molecule has 0 aromatic carbocycles. The zero-order valence-electron chi connectivity index (χ0n) is 8.87. The first-order chi connectivity index (χ1) is 7.86. The van der Waals surface area contributed by atoms with E-state index >= 15 is 0 Å². The molecular formula is C11H14N4O. The van der Waals surface area contributed by atoms with E-state index in [9.17, 15) is 0 Å². The molecule has 16 heavy (non-hydrogen) atoms. The Morgan fingerprint density at radius 2 is 2.50 bits per heavy atom. The maximum atomic E-state index is 8.50. The van der Waals surface area contributed by atoms with E-state index < -0.39 is 0 Å². The summed E-state index contributed by atoms with van der Waals surface area (Å²) in [7, 11) is 0.